The second-order valence-electron chi connectivity index (χ2n) is 6.77. The van der Waals surface area contributed by atoms with Gasteiger partial charge in [0.1, 0.15) is 0 Å². The summed E-state index contributed by atoms with van der Waals surface area (Å²) in [6.45, 7) is 8.10. The van der Waals surface area contributed by atoms with Gasteiger partial charge in [-0.05, 0) is 59.8 Å². The van der Waals surface area contributed by atoms with Crippen LogP contribution in [0.2, 0.25) is 0 Å². The van der Waals surface area contributed by atoms with Gasteiger partial charge >= 0.3 is 0 Å². The van der Waals surface area contributed by atoms with E-state index in [9.17, 15) is 4.79 Å². The SMILES string of the molecule is Cc1nc2c(cnn2C(C)C)cc1C(=O)NC1CCN(C)CC1. The van der Waals surface area contributed by atoms with E-state index in [4.69, 9.17) is 0 Å². The predicted octanol–water partition coefficient (Wildman–Crippen LogP) is 2.14. The molecule has 1 amide bonds. The summed E-state index contributed by atoms with van der Waals surface area (Å²) >= 11 is 0. The summed E-state index contributed by atoms with van der Waals surface area (Å²) in [5.74, 6) is -0.0243. The number of nitrogens with one attached hydrogen (secondary N) is 1. The number of rotatable bonds is 3. The second-order valence-corrected chi connectivity index (χ2v) is 6.77. The summed E-state index contributed by atoms with van der Waals surface area (Å²) in [5, 5.41) is 8.45. The van der Waals surface area contributed by atoms with Gasteiger partial charge in [-0.2, -0.15) is 5.10 Å². The van der Waals surface area contributed by atoms with Gasteiger partial charge < -0.3 is 10.2 Å². The zero-order chi connectivity index (χ0) is 16.6. The highest BCUT2D eigenvalue weighted by molar-refractivity contribution is 5.98. The van der Waals surface area contributed by atoms with Crippen molar-refractivity contribution >= 4 is 16.9 Å². The van der Waals surface area contributed by atoms with E-state index in [1.54, 1.807) is 6.20 Å². The molecular formula is C17H25N5O. The summed E-state index contributed by atoms with van der Waals surface area (Å²) in [4.78, 5) is 19.5. The van der Waals surface area contributed by atoms with Crippen LogP contribution in [0.3, 0.4) is 0 Å². The van der Waals surface area contributed by atoms with E-state index in [2.05, 4.69) is 41.2 Å². The van der Waals surface area contributed by atoms with Crippen molar-refractivity contribution in [3.8, 4) is 0 Å². The van der Waals surface area contributed by atoms with Gasteiger partial charge in [-0.15, -0.1) is 0 Å². The highest BCUT2D eigenvalue weighted by Crippen LogP contribution is 2.19. The molecule has 1 aliphatic heterocycles. The Labute approximate surface area is 136 Å². The number of fused-ring (bicyclic) bond motifs is 1. The van der Waals surface area contributed by atoms with E-state index < -0.39 is 0 Å². The molecule has 0 saturated carbocycles. The van der Waals surface area contributed by atoms with Crippen LogP contribution in [-0.2, 0) is 0 Å². The average Bonchev–Trinajstić information content (AvgIpc) is 2.91. The first-order chi connectivity index (χ1) is 11.0. The first-order valence-electron chi connectivity index (χ1n) is 8.30. The van der Waals surface area contributed by atoms with Crippen LogP contribution in [-0.4, -0.2) is 51.8 Å². The van der Waals surface area contributed by atoms with Crippen molar-refractivity contribution < 1.29 is 4.79 Å². The van der Waals surface area contributed by atoms with Crippen molar-refractivity contribution in [2.24, 2.45) is 0 Å². The number of amides is 1. The summed E-state index contributed by atoms with van der Waals surface area (Å²) in [7, 11) is 2.12. The lowest BCUT2D eigenvalue weighted by atomic mass is 10.0. The van der Waals surface area contributed by atoms with Crippen LogP contribution in [0.5, 0.6) is 0 Å². The predicted molar refractivity (Wildman–Crippen MR) is 90.6 cm³/mol. The average molecular weight is 315 g/mol. The van der Waals surface area contributed by atoms with Crippen molar-refractivity contribution in [1.29, 1.82) is 0 Å². The van der Waals surface area contributed by atoms with Crippen LogP contribution in [0.1, 0.15) is 48.8 Å². The Hall–Kier alpha value is -1.95. The Balaban J connectivity index is 1.82. The minimum Gasteiger partial charge on any atom is -0.349 e. The van der Waals surface area contributed by atoms with Gasteiger partial charge in [-0.3, -0.25) is 4.79 Å². The van der Waals surface area contributed by atoms with E-state index in [-0.39, 0.29) is 18.0 Å². The smallest absolute Gasteiger partial charge is 0.253 e. The highest BCUT2D eigenvalue weighted by Gasteiger charge is 2.21. The molecule has 0 spiro atoms. The first-order valence-corrected chi connectivity index (χ1v) is 8.30. The molecule has 1 fully saturated rings. The molecule has 1 aliphatic rings. The van der Waals surface area contributed by atoms with E-state index >= 15 is 0 Å². The molecule has 2 aromatic heterocycles. The van der Waals surface area contributed by atoms with E-state index in [0.29, 0.717) is 5.56 Å². The lowest BCUT2D eigenvalue weighted by Gasteiger charge is -2.29. The van der Waals surface area contributed by atoms with Gasteiger partial charge in [0, 0.05) is 17.5 Å². The molecule has 0 radical (unpaired) electrons. The summed E-state index contributed by atoms with van der Waals surface area (Å²) in [5.41, 5.74) is 2.25. The quantitative estimate of drug-likeness (QED) is 0.942. The summed E-state index contributed by atoms with van der Waals surface area (Å²) in [6.07, 6.45) is 3.79. The molecule has 1 saturated heterocycles. The molecule has 6 nitrogen and oxygen atoms in total. The Kier molecular flexibility index (Phi) is 4.35. The van der Waals surface area contributed by atoms with Gasteiger partial charge in [-0.1, -0.05) is 0 Å². The second kappa shape index (κ2) is 6.28. The maximum atomic E-state index is 12.6. The van der Waals surface area contributed by atoms with Crippen molar-refractivity contribution in [2.75, 3.05) is 20.1 Å². The van der Waals surface area contributed by atoms with Crippen molar-refractivity contribution in [1.82, 2.24) is 25.0 Å². The normalized spacial score (nSPS) is 17.1. The fraction of sp³-hybridized carbons (Fsp3) is 0.588. The number of aryl methyl sites for hydroxylation is 1. The Morgan fingerprint density at radius 1 is 1.35 bits per heavy atom. The largest absolute Gasteiger partial charge is 0.349 e. The number of pyridine rings is 1. The number of hydrogen-bond donors (Lipinski definition) is 1. The van der Waals surface area contributed by atoms with Crippen LogP contribution in [0.4, 0.5) is 0 Å². The molecule has 23 heavy (non-hydrogen) atoms. The van der Waals surface area contributed by atoms with Crippen LogP contribution >= 0.6 is 0 Å². The molecule has 124 valence electrons. The maximum absolute atomic E-state index is 12.6. The molecule has 1 N–H and O–H groups in total. The van der Waals surface area contributed by atoms with Crippen LogP contribution in [0, 0.1) is 6.92 Å². The van der Waals surface area contributed by atoms with Gasteiger partial charge in [0.25, 0.3) is 5.91 Å². The third kappa shape index (κ3) is 3.22. The van der Waals surface area contributed by atoms with Gasteiger partial charge in [0.15, 0.2) is 5.65 Å². The number of aromatic nitrogens is 3. The molecular weight excluding hydrogens is 290 g/mol. The minimum atomic E-state index is -0.0243. The van der Waals surface area contributed by atoms with E-state index in [1.165, 1.54) is 0 Å². The Morgan fingerprint density at radius 2 is 2.04 bits per heavy atom. The molecule has 0 aliphatic carbocycles. The molecule has 3 heterocycles. The van der Waals surface area contributed by atoms with Gasteiger partial charge in [0.2, 0.25) is 0 Å². The number of carbonyl (C=O) groups is 1. The Bertz CT molecular complexity index is 713. The highest BCUT2D eigenvalue weighted by atomic mass is 16.1. The number of nitrogens with zero attached hydrogens (tertiary/aromatic N) is 4. The lowest BCUT2D eigenvalue weighted by Crippen LogP contribution is -2.43. The number of carbonyl (C=O) groups excluding carboxylic acids is 1. The third-order valence-electron chi connectivity index (χ3n) is 4.55. The van der Waals surface area contributed by atoms with Crippen LogP contribution in [0.15, 0.2) is 12.3 Å². The minimum absolute atomic E-state index is 0.0243. The molecule has 0 atom stereocenters. The summed E-state index contributed by atoms with van der Waals surface area (Å²) in [6, 6.07) is 2.42. The molecule has 2 aromatic rings. The number of likely N-dealkylation sites (tertiary alicyclic amines) is 1. The van der Waals surface area contributed by atoms with E-state index in [1.807, 2.05) is 17.7 Å². The van der Waals surface area contributed by atoms with E-state index in [0.717, 1.165) is 42.7 Å². The van der Waals surface area contributed by atoms with Crippen LogP contribution < -0.4 is 5.32 Å². The molecule has 0 unspecified atom stereocenters. The molecule has 3 rings (SSSR count). The number of piperidine rings is 1. The van der Waals surface area contributed by atoms with Gasteiger partial charge in [-0.25, -0.2) is 9.67 Å². The third-order valence-corrected chi connectivity index (χ3v) is 4.55. The molecule has 6 heteroatoms. The number of hydrogen-bond acceptors (Lipinski definition) is 4. The fourth-order valence-corrected chi connectivity index (χ4v) is 3.09. The van der Waals surface area contributed by atoms with Crippen LogP contribution in [0.25, 0.3) is 11.0 Å². The van der Waals surface area contributed by atoms with Crippen molar-refractivity contribution in [3.05, 3.63) is 23.5 Å². The first kappa shape index (κ1) is 15.9. The summed E-state index contributed by atoms with van der Waals surface area (Å²) < 4.78 is 1.89. The topological polar surface area (TPSA) is 63.1 Å². The Morgan fingerprint density at radius 3 is 2.70 bits per heavy atom. The monoisotopic (exact) mass is 315 g/mol. The fourth-order valence-electron chi connectivity index (χ4n) is 3.09. The standard InChI is InChI=1S/C17H25N5O/c1-11(2)22-16-13(10-18-22)9-15(12(3)19-16)17(23)20-14-5-7-21(4)8-6-14/h9-11,14H,5-8H2,1-4H3,(H,20,23). The van der Waals surface area contributed by atoms with Crippen molar-refractivity contribution in [2.45, 2.75) is 45.7 Å². The molecule has 0 bridgehead atoms. The molecule has 0 aromatic carbocycles. The maximum Gasteiger partial charge on any atom is 0.253 e. The van der Waals surface area contributed by atoms with Crippen molar-refractivity contribution in [3.63, 3.8) is 0 Å². The zero-order valence-corrected chi connectivity index (χ0v) is 14.3. The lowest BCUT2D eigenvalue weighted by molar-refractivity contribution is 0.0916. The zero-order valence-electron chi connectivity index (χ0n) is 14.3. The van der Waals surface area contributed by atoms with Gasteiger partial charge in [0.05, 0.1) is 17.5 Å².